The lowest BCUT2D eigenvalue weighted by Gasteiger charge is -2.53. The Morgan fingerprint density at radius 2 is 2.04 bits per heavy atom. The second-order valence-electron chi connectivity index (χ2n) is 10.1. The molecular weight excluding hydrogens is 352 g/mol. The van der Waals surface area contributed by atoms with E-state index in [1.165, 1.54) is 11.1 Å². The first-order chi connectivity index (χ1) is 13.1. The molecule has 6 atom stereocenters. The Labute approximate surface area is 167 Å². The van der Waals surface area contributed by atoms with E-state index in [-0.39, 0.29) is 29.0 Å². The molecule has 0 heterocycles. The topological polar surface area (TPSA) is 74.6 Å². The summed E-state index contributed by atoms with van der Waals surface area (Å²) < 4.78 is 0. The quantitative estimate of drug-likeness (QED) is 0.732. The molecule has 0 aromatic heterocycles. The van der Waals surface area contributed by atoms with Crippen LogP contribution in [-0.2, 0) is 9.59 Å². The van der Waals surface area contributed by atoms with Crippen molar-refractivity contribution in [3.63, 3.8) is 0 Å². The molecule has 0 spiro atoms. The second kappa shape index (κ2) is 6.24. The third-order valence-corrected chi connectivity index (χ3v) is 8.63. The summed E-state index contributed by atoms with van der Waals surface area (Å²) in [6.45, 7) is 7.76. The highest BCUT2D eigenvalue weighted by Crippen LogP contribution is 2.67. The summed E-state index contributed by atoms with van der Waals surface area (Å²) in [5, 5.41) is 21.4. The van der Waals surface area contributed by atoms with Crippen LogP contribution in [0.1, 0.15) is 53.4 Å². The molecule has 0 bridgehead atoms. The molecule has 4 heteroatoms. The van der Waals surface area contributed by atoms with Gasteiger partial charge in [0, 0.05) is 10.8 Å². The Morgan fingerprint density at radius 3 is 2.68 bits per heavy atom. The summed E-state index contributed by atoms with van der Waals surface area (Å²) in [5.74, 6) is 0.135. The number of fused-ring (bicyclic) bond motifs is 5. The fourth-order valence-corrected chi connectivity index (χ4v) is 7.02. The van der Waals surface area contributed by atoms with Crippen LogP contribution >= 0.6 is 0 Å². The van der Waals surface area contributed by atoms with Gasteiger partial charge in [0.1, 0.15) is 12.2 Å². The van der Waals surface area contributed by atoms with E-state index in [1.54, 1.807) is 12.2 Å². The normalized spacial score (nSPS) is 44.5. The molecule has 4 aliphatic rings. The molecule has 4 rings (SSSR count). The van der Waals surface area contributed by atoms with Gasteiger partial charge in [-0.3, -0.25) is 9.59 Å². The van der Waals surface area contributed by atoms with Crippen LogP contribution in [0.5, 0.6) is 0 Å². The lowest BCUT2D eigenvalue weighted by molar-refractivity contribution is -0.164. The number of aliphatic hydroxyl groups excluding tert-OH is 1. The summed E-state index contributed by atoms with van der Waals surface area (Å²) in [6.07, 6.45) is 11.0. The largest absolute Gasteiger partial charge is 0.388 e. The molecule has 4 nitrogen and oxygen atoms in total. The second-order valence-corrected chi connectivity index (χ2v) is 10.1. The molecule has 0 aromatic carbocycles. The zero-order valence-corrected chi connectivity index (χ0v) is 17.4. The van der Waals surface area contributed by atoms with E-state index in [9.17, 15) is 19.8 Å². The van der Waals surface area contributed by atoms with Crippen LogP contribution in [0.15, 0.2) is 35.5 Å². The van der Waals surface area contributed by atoms with Gasteiger partial charge in [-0.1, -0.05) is 44.1 Å². The van der Waals surface area contributed by atoms with E-state index in [0.29, 0.717) is 12.3 Å². The maximum absolute atomic E-state index is 12.8. The van der Waals surface area contributed by atoms with Gasteiger partial charge in [0.2, 0.25) is 0 Å². The number of hydrogen-bond acceptors (Lipinski definition) is 4. The van der Waals surface area contributed by atoms with Crippen molar-refractivity contribution in [2.45, 2.75) is 59.0 Å². The highest BCUT2D eigenvalue weighted by molar-refractivity contribution is 6.01. The van der Waals surface area contributed by atoms with Crippen molar-refractivity contribution in [1.29, 1.82) is 0 Å². The van der Waals surface area contributed by atoms with Crippen molar-refractivity contribution in [3.05, 3.63) is 35.5 Å². The summed E-state index contributed by atoms with van der Waals surface area (Å²) in [6, 6.07) is 0. The highest BCUT2D eigenvalue weighted by Gasteiger charge is 2.68. The molecule has 2 saturated carbocycles. The molecular formula is C24H32O4. The van der Waals surface area contributed by atoms with Gasteiger partial charge in [0.25, 0.3) is 0 Å². The first-order valence-corrected chi connectivity index (χ1v) is 10.6. The zero-order valence-electron chi connectivity index (χ0n) is 17.4. The van der Waals surface area contributed by atoms with Crippen LogP contribution in [0, 0.1) is 34.5 Å². The van der Waals surface area contributed by atoms with Gasteiger partial charge in [0.05, 0.1) is 0 Å². The SMILES string of the molecule is CC(C)[C@H]1C[C@H]2[C@@H]3CCC4=CC(=O)C=C[C@]4(C)C3=CC[C@]2(C)[C@@]1(O)C(=O)CO. The molecule has 0 saturated heterocycles. The van der Waals surface area contributed by atoms with Crippen molar-refractivity contribution in [2.24, 2.45) is 34.5 Å². The number of hydrogen-bond donors (Lipinski definition) is 2. The van der Waals surface area contributed by atoms with Crippen LogP contribution in [-0.4, -0.2) is 34.0 Å². The molecule has 2 N–H and O–H groups in total. The first-order valence-electron chi connectivity index (χ1n) is 10.6. The average Bonchev–Trinajstić information content (AvgIpc) is 2.90. The van der Waals surface area contributed by atoms with Crippen molar-refractivity contribution < 1.29 is 19.8 Å². The number of Topliss-reactive ketones (excluding diaryl/α,β-unsaturated/α-hetero) is 1. The molecule has 152 valence electrons. The Kier molecular flexibility index (Phi) is 4.41. The fourth-order valence-electron chi connectivity index (χ4n) is 7.02. The van der Waals surface area contributed by atoms with Gasteiger partial charge in [-0.05, 0) is 68.4 Å². The van der Waals surface area contributed by atoms with E-state index in [1.807, 2.05) is 6.08 Å². The molecule has 4 aliphatic carbocycles. The predicted octanol–water partition coefficient (Wildman–Crippen LogP) is 3.39. The van der Waals surface area contributed by atoms with Gasteiger partial charge in [-0.25, -0.2) is 0 Å². The van der Waals surface area contributed by atoms with E-state index >= 15 is 0 Å². The number of carbonyl (C=O) groups excluding carboxylic acids is 2. The fraction of sp³-hybridized carbons (Fsp3) is 0.667. The van der Waals surface area contributed by atoms with E-state index in [2.05, 4.69) is 33.8 Å². The molecule has 2 fully saturated rings. The minimum atomic E-state index is -1.49. The van der Waals surface area contributed by atoms with Gasteiger partial charge >= 0.3 is 0 Å². The minimum absolute atomic E-state index is 0.0656. The van der Waals surface area contributed by atoms with Crippen molar-refractivity contribution in [3.8, 4) is 0 Å². The van der Waals surface area contributed by atoms with Crippen LogP contribution in [0.4, 0.5) is 0 Å². The minimum Gasteiger partial charge on any atom is -0.388 e. The van der Waals surface area contributed by atoms with Crippen LogP contribution in [0.25, 0.3) is 0 Å². The van der Waals surface area contributed by atoms with E-state index in [0.717, 1.165) is 19.3 Å². The Hall–Kier alpha value is -1.52. The number of carbonyl (C=O) groups is 2. The number of allylic oxidation sites excluding steroid dienone is 6. The predicted molar refractivity (Wildman–Crippen MR) is 107 cm³/mol. The van der Waals surface area contributed by atoms with E-state index in [4.69, 9.17) is 0 Å². The van der Waals surface area contributed by atoms with Gasteiger partial charge in [0.15, 0.2) is 11.6 Å². The van der Waals surface area contributed by atoms with Crippen molar-refractivity contribution >= 4 is 11.6 Å². The Balaban J connectivity index is 1.81. The molecule has 0 amide bonds. The van der Waals surface area contributed by atoms with E-state index < -0.39 is 23.4 Å². The third-order valence-electron chi connectivity index (χ3n) is 8.63. The Morgan fingerprint density at radius 1 is 1.32 bits per heavy atom. The monoisotopic (exact) mass is 384 g/mol. The van der Waals surface area contributed by atoms with Crippen molar-refractivity contribution in [1.82, 2.24) is 0 Å². The maximum atomic E-state index is 12.8. The van der Waals surface area contributed by atoms with Gasteiger partial charge < -0.3 is 10.2 Å². The highest BCUT2D eigenvalue weighted by atomic mass is 16.3. The van der Waals surface area contributed by atoms with Crippen molar-refractivity contribution in [2.75, 3.05) is 6.61 Å². The van der Waals surface area contributed by atoms with Crippen LogP contribution in [0.3, 0.4) is 0 Å². The smallest absolute Gasteiger partial charge is 0.190 e. The lowest BCUT2D eigenvalue weighted by atomic mass is 9.51. The van der Waals surface area contributed by atoms with Crippen LogP contribution in [0.2, 0.25) is 0 Å². The average molecular weight is 385 g/mol. The summed E-state index contributed by atoms with van der Waals surface area (Å²) in [7, 11) is 0. The molecule has 0 radical (unpaired) electrons. The molecule has 28 heavy (non-hydrogen) atoms. The maximum Gasteiger partial charge on any atom is 0.190 e. The number of rotatable bonds is 3. The molecule has 0 aromatic rings. The first kappa shape index (κ1) is 19.8. The summed E-state index contributed by atoms with van der Waals surface area (Å²) in [5.41, 5.74) is 0.248. The Bertz CT molecular complexity index is 818. The number of ketones is 2. The lowest BCUT2D eigenvalue weighted by Crippen LogP contribution is -2.58. The summed E-state index contributed by atoms with van der Waals surface area (Å²) >= 11 is 0. The third kappa shape index (κ3) is 2.31. The summed E-state index contributed by atoms with van der Waals surface area (Å²) in [4.78, 5) is 24.7. The van der Waals surface area contributed by atoms with Gasteiger partial charge in [-0.15, -0.1) is 0 Å². The standard InChI is InChI=1S/C24H32O4/c1-14(2)19-12-20-17-6-5-15-11-16(26)7-9-22(15,3)18(17)8-10-23(20,4)24(19,28)21(27)13-25/h7-9,11,14,17,19-20,25,28H,5-6,10,12-13H2,1-4H3/t17-,19-,20+,22+,23+,24+/m1/s1. The zero-order chi connectivity index (χ0) is 20.5. The van der Waals surface area contributed by atoms with Crippen LogP contribution < -0.4 is 0 Å². The molecule has 0 unspecified atom stereocenters. The number of aliphatic hydroxyl groups is 2. The molecule has 0 aliphatic heterocycles. The van der Waals surface area contributed by atoms with Gasteiger partial charge in [-0.2, -0.15) is 0 Å².